The van der Waals surface area contributed by atoms with E-state index < -0.39 is 0 Å². The molecule has 2 nitrogen and oxygen atoms in total. The molecule has 0 atom stereocenters. The predicted octanol–water partition coefficient (Wildman–Crippen LogP) is 1.87. The summed E-state index contributed by atoms with van der Waals surface area (Å²) in [6.45, 7) is 2.23. The summed E-state index contributed by atoms with van der Waals surface area (Å²) in [4.78, 5) is 4.55. The molecule has 0 unspecified atom stereocenters. The molecule has 2 rings (SSSR count). The minimum absolute atomic E-state index is 0.541. The van der Waals surface area contributed by atoms with Crippen LogP contribution < -0.4 is 5.32 Å². The van der Waals surface area contributed by atoms with Gasteiger partial charge in [0.05, 0.1) is 0 Å². The van der Waals surface area contributed by atoms with Gasteiger partial charge in [0.15, 0.2) is 5.17 Å². The molecule has 0 saturated heterocycles. The van der Waals surface area contributed by atoms with Crippen molar-refractivity contribution in [3.05, 3.63) is 0 Å². The number of thioether (sulfide) groups is 1. The van der Waals surface area contributed by atoms with E-state index in [1.807, 2.05) is 0 Å². The highest BCUT2D eigenvalue weighted by atomic mass is 32.2. The van der Waals surface area contributed by atoms with Crippen LogP contribution in [-0.4, -0.2) is 24.5 Å². The molecule has 0 amide bonds. The molecular weight excluding hydrogens is 168 g/mol. The molecule has 1 N–H and O–H groups in total. The Hall–Kier alpha value is -0.180. The SMILES string of the molecule is CSC1=NCC2(CCCC2)CN1. The number of nitrogens with one attached hydrogen (secondary N) is 1. The van der Waals surface area contributed by atoms with Crippen molar-refractivity contribution in [1.29, 1.82) is 0 Å². The Labute approximate surface area is 78.2 Å². The molecule has 1 heterocycles. The van der Waals surface area contributed by atoms with Crippen LogP contribution in [-0.2, 0) is 0 Å². The average molecular weight is 184 g/mol. The van der Waals surface area contributed by atoms with Gasteiger partial charge in [0.2, 0.25) is 0 Å². The molecule has 1 aliphatic carbocycles. The zero-order chi connectivity index (χ0) is 8.44. The highest BCUT2D eigenvalue weighted by Crippen LogP contribution is 2.39. The molecule has 3 heteroatoms. The first-order chi connectivity index (χ1) is 5.85. The van der Waals surface area contributed by atoms with E-state index >= 15 is 0 Å². The zero-order valence-corrected chi connectivity index (χ0v) is 8.41. The third-order valence-electron chi connectivity index (χ3n) is 3.03. The second kappa shape index (κ2) is 3.29. The van der Waals surface area contributed by atoms with Gasteiger partial charge in [-0.2, -0.15) is 0 Å². The first-order valence-electron chi connectivity index (χ1n) is 4.67. The van der Waals surface area contributed by atoms with Crippen LogP contribution in [0.1, 0.15) is 25.7 Å². The van der Waals surface area contributed by atoms with Crippen molar-refractivity contribution in [1.82, 2.24) is 5.32 Å². The smallest absolute Gasteiger partial charge is 0.156 e. The summed E-state index contributed by atoms with van der Waals surface area (Å²) in [5.41, 5.74) is 0.541. The fraction of sp³-hybridized carbons (Fsp3) is 0.889. The minimum Gasteiger partial charge on any atom is -0.364 e. The number of amidine groups is 1. The summed E-state index contributed by atoms with van der Waals surface area (Å²) in [7, 11) is 0. The lowest BCUT2D eigenvalue weighted by Gasteiger charge is -2.31. The summed E-state index contributed by atoms with van der Waals surface area (Å²) in [5, 5.41) is 4.55. The molecule has 1 aliphatic heterocycles. The summed E-state index contributed by atoms with van der Waals surface area (Å²) in [5.74, 6) is 0. The highest BCUT2D eigenvalue weighted by Gasteiger charge is 2.35. The van der Waals surface area contributed by atoms with Crippen LogP contribution in [0.15, 0.2) is 4.99 Å². The van der Waals surface area contributed by atoms with Crippen LogP contribution in [0.25, 0.3) is 0 Å². The normalized spacial score (nSPS) is 26.9. The zero-order valence-electron chi connectivity index (χ0n) is 7.60. The van der Waals surface area contributed by atoms with Crippen molar-refractivity contribution in [2.45, 2.75) is 25.7 Å². The van der Waals surface area contributed by atoms with Crippen LogP contribution >= 0.6 is 11.8 Å². The maximum absolute atomic E-state index is 4.55. The van der Waals surface area contributed by atoms with E-state index in [1.54, 1.807) is 11.8 Å². The molecule has 0 radical (unpaired) electrons. The van der Waals surface area contributed by atoms with E-state index in [0.29, 0.717) is 5.41 Å². The molecule has 0 aromatic rings. The van der Waals surface area contributed by atoms with Crippen molar-refractivity contribution in [2.24, 2.45) is 10.4 Å². The van der Waals surface area contributed by atoms with Crippen molar-refractivity contribution in [3.63, 3.8) is 0 Å². The van der Waals surface area contributed by atoms with Crippen LogP contribution in [0.2, 0.25) is 0 Å². The van der Waals surface area contributed by atoms with E-state index in [0.717, 1.165) is 18.3 Å². The topological polar surface area (TPSA) is 24.4 Å². The van der Waals surface area contributed by atoms with Crippen molar-refractivity contribution < 1.29 is 0 Å². The lowest BCUT2D eigenvalue weighted by molar-refractivity contribution is 0.299. The fourth-order valence-electron chi connectivity index (χ4n) is 2.21. The van der Waals surface area contributed by atoms with Gasteiger partial charge in [0.25, 0.3) is 0 Å². The van der Waals surface area contributed by atoms with Gasteiger partial charge in [-0.25, -0.2) is 0 Å². The highest BCUT2D eigenvalue weighted by molar-refractivity contribution is 8.13. The lowest BCUT2D eigenvalue weighted by atomic mass is 9.86. The Morgan fingerprint density at radius 1 is 1.42 bits per heavy atom. The molecule has 68 valence electrons. The van der Waals surface area contributed by atoms with Gasteiger partial charge >= 0.3 is 0 Å². The monoisotopic (exact) mass is 184 g/mol. The Morgan fingerprint density at radius 3 is 2.67 bits per heavy atom. The first-order valence-corrected chi connectivity index (χ1v) is 5.89. The molecule has 0 bridgehead atoms. The Kier molecular flexibility index (Phi) is 2.31. The van der Waals surface area contributed by atoms with E-state index in [-0.39, 0.29) is 0 Å². The summed E-state index contributed by atoms with van der Waals surface area (Å²) in [6.07, 6.45) is 7.66. The molecule has 12 heavy (non-hydrogen) atoms. The van der Waals surface area contributed by atoms with Crippen LogP contribution in [0.5, 0.6) is 0 Å². The molecule has 1 fully saturated rings. The molecule has 0 aromatic heterocycles. The molecule has 1 saturated carbocycles. The van der Waals surface area contributed by atoms with Gasteiger partial charge in [-0.05, 0) is 19.1 Å². The van der Waals surface area contributed by atoms with E-state index in [2.05, 4.69) is 16.6 Å². The Bertz CT molecular complexity index is 195. The maximum atomic E-state index is 4.55. The van der Waals surface area contributed by atoms with Crippen LogP contribution in [0, 0.1) is 5.41 Å². The number of nitrogens with zero attached hydrogens (tertiary/aromatic N) is 1. The quantitative estimate of drug-likeness (QED) is 0.621. The van der Waals surface area contributed by atoms with Gasteiger partial charge in [0.1, 0.15) is 0 Å². The van der Waals surface area contributed by atoms with E-state index in [1.165, 1.54) is 25.7 Å². The standard InChI is InChI=1S/C9H16N2S/c1-12-8-10-6-9(7-11-8)4-2-3-5-9/h2-7H2,1H3,(H,10,11). The summed E-state index contributed by atoms with van der Waals surface area (Å²) in [6, 6.07) is 0. The van der Waals surface area contributed by atoms with Crippen molar-refractivity contribution in [2.75, 3.05) is 19.3 Å². The second-order valence-corrected chi connectivity index (χ2v) is 4.68. The van der Waals surface area contributed by atoms with Crippen LogP contribution in [0.3, 0.4) is 0 Å². The van der Waals surface area contributed by atoms with Gasteiger partial charge < -0.3 is 5.32 Å². The third kappa shape index (κ3) is 1.47. The van der Waals surface area contributed by atoms with Gasteiger partial charge in [-0.15, -0.1) is 0 Å². The predicted molar refractivity (Wildman–Crippen MR) is 54.7 cm³/mol. The Morgan fingerprint density at radius 2 is 2.17 bits per heavy atom. The van der Waals surface area contributed by atoms with E-state index in [9.17, 15) is 0 Å². The van der Waals surface area contributed by atoms with Gasteiger partial charge in [0, 0.05) is 18.5 Å². The number of hydrogen-bond acceptors (Lipinski definition) is 3. The average Bonchev–Trinajstić information content (AvgIpc) is 2.55. The molecule has 0 aromatic carbocycles. The number of rotatable bonds is 0. The van der Waals surface area contributed by atoms with Crippen molar-refractivity contribution in [3.8, 4) is 0 Å². The summed E-state index contributed by atoms with van der Waals surface area (Å²) >= 11 is 1.73. The molecule has 2 aliphatic rings. The van der Waals surface area contributed by atoms with Gasteiger partial charge in [-0.3, -0.25) is 4.99 Å². The molecule has 1 spiro atoms. The largest absolute Gasteiger partial charge is 0.364 e. The van der Waals surface area contributed by atoms with Crippen molar-refractivity contribution >= 4 is 16.9 Å². The third-order valence-corrected chi connectivity index (χ3v) is 3.69. The minimum atomic E-state index is 0.541. The first kappa shape index (κ1) is 8.42. The maximum Gasteiger partial charge on any atom is 0.156 e. The lowest BCUT2D eigenvalue weighted by Crippen LogP contribution is -2.41. The fourth-order valence-corrected chi connectivity index (χ4v) is 2.62. The molecular formula is C9H16N2S. The van der Waals surface area contributed by atoms with E-state index in [4.69, 9.17) is 0 Å². The van der Waals surface area contributed by atoms with Crippen LogP contribution in [0.4, 0.5) is 0 Å². The number of hydrogen-bond donors (Lipinski definition) is 1. The Balaban J connectivity index is 2.01. The second-order valence-electron chi connectivity index (χ2n) is 3.89. The van der Waals surface area contributed by atoms with Gasteiger partial charge in [-0.1, -0.05) is 24.6 Å². The number of aliphatic imine (C=N–C) groups is 1. The summed E-state index contributed by atoms with van der Waals surface area (Å²) < 4.78 is 0.